The number of imidazole rings is 1. The van der Waals surface area contributed by atoms with Gasteiger partial charge in [0.15, 0.2) is 5.78 Å². The van der Waals surface area contributed by atoms with Crippen molar-refractivity contribution in [3.05, 3.63) is 69.9 Å². The van der Waals surface area contributed by atoms with Gasteiger partial charge in [0.1, 0.15) is 5.82 Å². The molecule has 0 saturated heterocycles. The number of carbonyl (C=O) groups is 2. The van der Waals surface area contributed by atoms with Gasteiger partial charge < -0.3 is 9.88 Å². The summed E-state index contributed by atoms with van der Waals surface area (Å²) in [5, 5.41) is 3.29. The lowest BCUT2D eigenvalue weighted by atomic mass is 9.90. The fourth-order valence-corrected chi connectivity index (χ4v) is 6.57. The fraction of sp³-hybridized carbons (Fsp3) is 0.345. The Morgan fingerprint density at radius 1 is 1.14 bits per heavy atom. The van der Waals surface area contributed by atoms with Crippen LogP contribution in [0.1, 0.15) is 70.0 Å². The maximum atomic E-state index is 12.9. The molecule has 0 spiro atoms. The van der Waals surface area contributed by atoms with Crippen molar-refractivity contribution in [1.82, 2.24) is 14.9 Å². The molecule has 0 aliphatic heterocycles. The summed E-state index contributed by atoms with van der Waals surface area (Å²) < 4.78 is 2.36. The van der Waals surface area contributed by atoms with Crippen LogP contribution in [0.4, 0.5) is 0 Å². The number of ketones is 1. The molecule has 0 bridgehead atoms. The molecule has 186 valence electrons. The molecule has 1 aliphatic rings. The number of thioether (sulfide) groups is 1. The minimum absolute atomic E-state index is 0.0184. The zero-order chi connectivity index (χ0) is 25.2. The Morgan fingerprint density at radius 3 is 2.72 bits per heavy atom. The SMILES string of the molecule is CCC(=O)c1ccc2c(c1)nc(-c1ccccc1SC)n2C1CCCC(NC(=O)c2ccc(C)s2)C1. The first-order chi connectivity index (χ1) is 17.5. The molecular weight excluding hydrogens is 486 g/mol. The van der Waals surface area contributed by atoms with Crippen molar-refractivity contribution in [3.63, 3.8) is 0 Å². The second kappa shape index (κ2) is 10.6. The average Bonchev–Trinajstić information content (AvgIpc) is 3.51. The van der Waals surface area contributed by atoms with E-state index in [1.165, 1.54) is 16.2 Å². The van der Waals surface area contributed by atoms with E-state index in [4.69, 9.17) is 4.98 Å². The number of thiophene rings is 1. The van der Waals surface area contributed by atoms with E-state index in [2.05, 4.69) is 40.4 Å². The number of hydrogen-bond acceptors (Lipinski definition) is 5. The number of aryl methyl sites for hydroxylation is 1. The molecule has 4 aromatic rings. The van der Waals surface area contributed by atoms with Gasteiger partial charge in [-0.1, -0.05) is 25.1 Å². The number of Topliss-reactive ketones (excluding diaryl/α,β-unsaturated/α-hetero) is 1. The Kier molecular flexibility index (Phi) is 7.30. The largest absolute Gasteiger partial charge is 0.349 e. The summed E-state index contributed by atoms with van der Waals surface area (Å²) in [7, 11) is 0. The maximum Gasteiger partial charge on any atom is 0.261 e. The number of fused-ring (bicyclic) bond motifs is 1. The van der Waals surface area contributed by atoms with Crippen LogP contribution >= 0.6 is 23.1 Å². The molecule has 1 aliphatic carbocycles. The van der Waals surface area contributed by atoms with E-state index >= 15 is 0 Å². The topological polar surface area (TPSA) is 64.0 Å². The van der Waals surface area contributed by atoms with Crippen LogP contribution in [-0.4, -0.2) is 33.5 Å². The Bertz CT molecular complexity index is 1420. The summed E-state index contributed by atoms with van der Waals surface area (Å²) in [6.07, 6.45) is 6.45. The first kappa shape index (κ1) is 24.8. The Hall–Kier alpha value is -2.90. The maximum absolute atomic E-state index is 12.9. The van der Waals surface area contributed by atoms with Crippen LogP contribution < -0.4 is 5.32 Å². The Labute approximate surface area is 220 Å². The summed E-state index contributed by atoms with van der Waals surface area (Å²) in [4.78, 5) is 33.5. The molecule has 5 rings (SSSR count). The van der Waals surface area contributed by atoms with Crippen molar-refractivity contribution in [2.45, 2.75) is 62.9 Å². The fourth-order valence-electron chi connectivity index (χ4n) is 5.21. The standard InChI is InChI=1S/C29H31N3O2S2/c1-4-25(33)19-13-14-24-23(16-19)31-28(22-10-5-6-11-26(22)35-3)32(24)21-9-7-8-20(17-21)30-29(34)27-15-12-18(2)36-27/h5-6,10-16,20-21H,4,7-9,17H2,1-3H3,(H,30,34). The van der Waals surface area contributed by atoms with Gasteiger partial charge in [0.25, 0.3) is 5.91 Å². The molecule has 7 heteroatoms. The minimum atomic E-state index is 0.0184. The van der Waals surface area contributed by atoms with E-state index in [1.54, 1.807) is 11.8 Å². The lowest BCUT2D eigenvalue weighted by Crippen LogP contribution is -2.38. The van der Waals surface area contributed by atoms with Crippen molar-refractivity contribution in [3.8, 4) is 11.4 Å². The van der Waals surface area contributed by atoms with Gasteiger partial charge in [0.2, 0.25) is 0 Å². The van der Waals surface area contributed by atoms with Gasteiger partial charge in [-0.15, -0.1) is 23.1 Å². The molecular formula is C29H31N3O2S2. The molecule has 2 atom stereocenters. The second-order valence-corrected chi connectivity index (χ2v) is 11.5. The van der Waals surface area contributed by atoms with Crippen LogP contribution in [0.15, 0.2) is 59.5 Å². The van der Waals surface area contributed by atoms with Crippen molar-refractivity contribution >= 4 is 45.8 Å². The summed E-state index contributed by atoms with van der Waals surface area (Å²) >= 11 is 3.25. The highest BCUT2D eigenvalue weighted by Gasteiger charge is 2.29. The molecule has 2 aromatic heterocycles. The number of nitrogens with zero attached hydrogens (tertiary/aromatic N) is 2. The van der Waals surface area contributed by atoms with Gasteiger partial charge in [0, 0.05) is 39.4 Å². The highest BCUT2D eigenvalue weighted by Crippen LogP contribution is 2.39. The van der Waals surface area contributed by atoms with Gasteiger partial charge >= 0.3 is 0 Å². The molecule has 2 unspecified atom stereocenters. The molecule has 0 radical (unpaired) electrons. The van der Waals surface area contributed by atoms with Gasteiger partial charge in [-0.25, -0.2) is 4.98 Å². The third kappa shape index (κ3) is 4.87. The van der Waals surface area contributed by atoms with Crippen molar-refractivity contribution < 1.29 is 9.59 Å². The normalized spacial score (nSPS) is 17.9. The number of aromatic nitrogens is 2. The zero-order valence-corrected chi connectivity index (χ0v) is 22.5. The van der Waals surface area contributed by atoms with Crippen LogP contribution in [-0.2, 0) is 0 Å². The summed E-state index contributed by atoms with van der Waals surface area (Å²) in [6.45, 7) is 3.91. The smallest absolute Gasteiger partial charge is 0.261 e. The Morgan fingerprint density at radius 2 is 1.97 bits per heavy atom. The molecule has 36 heavy (non-hydrogen) atoms. The predicted molar refractivity (Wildman–Crippen MR) is 149 cm³/mol. The summed E-state index contributed by atoms with van der Waals surface area (Å²) in [5.41, 5.74) is 3.70. The predicted octanol–water partition coefficient (Wildman–Crippen LogP) is 7.30. The number of rotatable bonds is 7. The molecule has 1 amide bonds. The highest BCUT2D eigenvalue weighted by atomic mass is 32.2. The summed E-state index contributed by atoms with van der Waals surface area (Å²) in [5.74, 6) is 1.08. The summed E-state index contributed by atoms with van der Waals surface area (Å²) in [6, 6.07) is 18.5. The van der Waals surface area contributed by atoms with Crippen LogP contribution in [0.5, 0.6) is 0 Å². The lowest BCUT2D eigenvalue weighted by molar-refractivity contribution is 0.0924. The van der Waals surface area contributed by atoms with E-state index in [1.807, 2.05) is 44.2 Å². The van der Waals surface area contributed by atoms with E-state index in [-0.39, 0.29) is 23.8 Å². The van der Waals surface area contributed by atoms with E-state index in [9.17, 15) is 9.59 Å². The van der Waals surface area contributed by atoms with Gasteiger partial charge in [-0.2, -0.15) is 0 Å². The third-order valence-corrected chi connectivity index (χ3v) is 8.79. The number of nitrogens with one attached hydrogen (secondary N) is 1. The van der Waals surface area contributed by atoms with E-state index < -0.39 is 0 Å². The first-order valence-corrected chi connectivity index (χ1v) is 14.6. The van der Waals surface area contributed by atoms with E-state index in [0.717, 1.165) is 57.9 Å². The quantitative estimate of drug-likeness (QED) is 0.206. The van der Waals surface area contributed by atoms with Gasteiger partial charge in [-0.3, -0.25) is 9.59 Å². The molecule has 2 aromatic carbocycles. The second-order valence-electron chi connectivity index (χ2n) is 9.39. The molecule has 1 fully saturated rings. The lowest BCUT2D eigenvalue weighted by Gasteiger charge is -2.32. The number of amides is 1. The van der Waals surface area contributed by atoms with Crippen LogP contribution in [0.3, 0.4) is 0 Å². The van der Waals surface area contributed by atoms with Gasteiger partial charge in [-0.05, 0) is 75.3 Å². The van der Waals surface area contributed by atoms with Crippen molar-refractivity contribution in [2.24, 2.45) is 0 Å². The first-order valence-electron chi connectivity index (χ1n) is 12.5. The Balaban J connectivity index is 1.53. The van der Waals surface area contributed by atoms with Crippen LogP contribution in [0.25, 0.3) is 22.4 Å². The van der Waals surface area contributed by atoms with E-state index in [0.29, 0.717) is 12.0 Å². The number of benzene rings is 2. The van der Waals surface area contributed by atoms with Crippen molar-refractivity contribution in [2.75, 3.05) is 6.26 Å². The van der Waals surface area contributed by atoms with Gasteiger partial charge in [0.05, 0.1) is 15.9 Å². The zero-order valence-electron chi connectivity index (χ0n) is 20.9. The van der Waals surface area contributed by atoms with Crippen LogP contribution in [0.2, 0.25) is 0 Å². The average molecular weight is 518 g/mol. The molecule has 1 saturated carbocycles. The monoisotopic (exact) mass is 517 g/mol. The third-order valence-electron chi connectivity index (χ3n) is 6.99. The number of carbonyl (C=O) groups excluding carboxylic acids is 2. The number of hydrogen-bond donors (Lipinski definition) is 1. The molecule has 5 nitrogen and oxygen atoms in total. The van der Waals surface area contributed by atoms with Crippen LogP contribution in [0, 0.1) is 6.92 Å². The molecule has 1 N–H and O–H groups in total. The molecule has 2 heterocycles. The van der Waals surface area contributed by atoms with Crippen molar-refractivity contribution in [1.29, 1.82) is 0 Å². The highest BCUT2D eigenvalue weighted by molar-refractivity contribution is 7.98. The minimum Gasteiger partial charge on any atom is -0.349 e.